The fourth-order valence-electron chi connectivity index (χ4n) is 2.30. The van der Waals surface area contributed by atoms with E-state index in [4.69, 9.17) is 11.6 Å². The van der Waals surface area contributed by atoms with Crippen molar-refractivity contribution in [1.29, 1.82) is 0 Å². The third kappa shape index (κ3) is 6.23. The van der Waals surface area contributed by atoms with Crippen molar-refractivity contribution in [3.05, 3.63) is 65.2 Å². The number of rotatable bonds is 8. The van der Waals surface area contributed by atoms with Gasteiger partial charge in [0.05, 0.1) is 5.25 Å². The van der Waals surface area contributed by atoms with Crippen molar-refractivity contribution in [1.82, 2.24) is 10.2 Å². The van der Waals surface area contributed by atoms with E-state index in [0.29, 0.717) is 10.7 Å². The molecule has 1 amide bonds. The van der Waals surface area contributed by atoms with Gasteiger partial charge in [0.1, 0.15) is 0 Å². The summed E-state index contributed by atoms with van der Waals surface area (Å²) in [4.78, 5) is 12.3. The van der Waals surface area contributed by atoms with Crippen LogP contribution in [0, 0.1) is 0 Å². The molecule has 3 aromatic rings. The molecule has 0 fully saturated rings. The topological polar surface area (TPSA) is 66.9 Å². The highest BCUT2D eigenvalue weighted by Crippen LogP contribution is 2.29. The average molecular weight is 419 g/mol. The molecule has 2 N–H and O–H groups in total. The van der Waals surface area contributed by atoms with Crippen LogP contribution in [0.2, 0.25) is 5.02 Å². The Balaban J connectivity index is 1.47. The number of thioether (sulfide) groups is 1. The average Bonchev–Trinajstić information content (AvgIpc) is 3.10. The second kappa shape index (κ2) is 9.73. The van der Waals surface area contributed by atoms with E-state index in [2.05, 4.69) is 33.0 Å². The van der Waals surface area contributed by atoms with E-state index in [9.17, 15) is 4.79 Å². The minimum Gasteiger partial charge on any atom is -0.360 e. The first kappa shape index (κ1) is 19.7. The summed E-state index contributed by atoms with van der Waals surface area (Å²) in [5.74, 6) is -0.101. The van der Waals surface area contributed by atoms with Crippen LogP contribution in [0.3, 0.4) is 0 Å². The van der Waals surface area contributed by atoms with Gasteiger partial charge in [0.2, 0.25) is 11.0 Å². The molecule has 2 aromatic carbocycles. The maximum Gasteiger partial charge on any atom is 0.237 e. The Bertz CT molecular complexity index is 888. The fraction of sp³-hybridized carbons (Fsp3) is 0.211. The third-order valence-electron chi connectivity index (χ3n) is 3.68. The van der Waals surface area contributed by atoms with Crippen LogP contribution in [-0.4, -0.2) is 27.9 Å². The van der Waals surface area contributed by atoms with Gasteiger partial charge >= 0.3 is 0 Å². The van der Waals surface area contributed by atoms with Crippen molar-refractivity contribution in [2.75, 3.05) is 17.2 Å². The van der Waals surface area contributed by atoms with Gasteiger partial charge in [-0.3, -0.25) is 4.79 Å². The van der Waals surface area contributed by atoms with Gasteiger partial charge < -0.3 is 10.6 Å². The monoisotopic (exact) mass is 418 g/mol. The highest BCUT2D eigenvalue weighted by molar-refractivity contribution is 8.02. The molecule has 27 heavy (non-hydrogen) atoms. The number of amides is 1. The summed E-state index contributed by atoms with van der Waals surface area (Å²) < 4.78 is 0.756. The summed E-state index contributed by atoms with van der Waals surface area (Å²) in [6.45, 7) is 2.63. The van der Waals surface area contributed by atoms with E-state index >= 15 is 0 Å². The molecule has 5 nitrogen and oxygen atoms in total. The summed E-state index contributed by atoms with van der Waals surface area (Å²) in [6, 6.07) is 17.4. The zero-order valence-electron chi connectivity index (χ0n) is 14.7. The molecular formula is C19H19ClN4OS2. The molecule has 0 saturated heterocycles. The molecule has 1 heterocycles. The standard InChI is InChI=1S/C19H19ClN4OS2/c1-13(17(25)22-16-9-5-8-15(20)12-16)26-19-24-23-18(27-19)21-11-10-14-6-3-2-4-7-14/h2-9,12-13H,10-11H2,1H3,(H,21,23)(H,22,25). The molecule has 0 saturated carbocycles. The Morgan fingerprint density at radius 3 is 2.78 bits per heavy atom. The Labute approximate surface area is 171 Å². The quantitative estimate of drug-likeness (QED) is 0.506. The van der Waals surface area contributed by atoms with Crippen LogP contribution in [0.4, 0.5) is 10.8 Å². The minimum atomic E-state index is -0.297. The number of hydrogen-bond donors (Lipinski definition) is 2. The van der Waals surface area contributed by atoms with Crippen molar-refractivity contribution < 1.29 is 4.79 Å². The molecule has 3 rings (SSSR count). The Morgan fingerprint density at radius 1 is 1.19 bits per heavy atom. The lowest BCUT2D eigenvalue weighted by atomic mass is 10.2. The zero-order valence-corrected chi connectivity index (χ0v) is 17.1. The summed E-state index contributed by atoms with van der Waals surface area (Å²) in [5, 5.41) is 15.5. The number of aromatic nitrogens is 2. The maximum absolute atomic E-state index is 12.3. The van der Waals surface area contributed by atoms with Gasteiger partial charge in [0.15, 0.2) is 4.34 Å². The van der Waals surface area contributed by atoms with Crippen molar-refractivity contribution in [3.8, 4) is 0 Å². The van der Waals surface area contributed by atoms with Gasteiger partial charge in [0, 0.05) is 17.3 Å². The van der Waals surface area contributed by atoms with E-state index in [1.807, 2.05) is 25.1 Å². The lowest BCUT2D eigenvalue weighted by molar-refractivity contribution is -0.115. The molecule has 0 aliphatic carbocycles. The van der Waals surface area contributed by atoms with Gasteiger partial charge in [-0.1, -0.05) is 71.1 Å². The van der Waals surface area contributed by atoms with Crippen molar-refractivity contribution in [2.45, 2.75) is 22.9 Å². The van der Waals surface area contributed by atoms with Crippen LogP contribution < -0.4 is 10.6 Å². The lowest BCUT2D eigenvalue weighted by Crippen LogP contribution is -2.22. The molecule has 0 radical (unpaired) electrons. The van der Waals surface area contributed by atoms with E-state index in [1.54, 1.807) is 24.3 Å². The highest BCUT2D eigenvalue weighted by Gasteiger charge is 2.17. The Hall–Kier alpha value is -2.09. The first-order valence-electron chi connectivity index (χ1n) is 8.44. The molecule has 0 aliphatic rings. The molecule has 8 heteroatoms. The highest BCUT2D eigenvalue weighted by atomic mass is 35.5. The Kier molecular flexibility index (Phi) is 7.09. The number of benzene rings is 2. The number of nitrogens with one attached hydrogen (secondary N) is 2. The summed E-state index contributed by atoms with van der Waals surface area (Å²) in [7, 11) is 0. The first-order valence-corrected chi connectivity index (χ1v) is 10.5. The zero-order chi connectivity index (χ0) is 19.1. The largest absolute Gasteiger partial charge is 0.360 e. The number of anilines is 2. The molecule has 0 bridgehead atoms. The second-order valence-electron chi connectivity index (χ2n) is 5.80. The molecule has 0 spiro atoms. The molecule has 1 aromatic heterocycles. The van der Waals surface area contributed by atoms with E-state index in [1.165, 1.54) is 28.7 Å². The summed E-state index contributed by atoms with van der Waals surface area (Å²) in [5.41, 5.74) is 1.95. The van der Waals surface area contributed by atoms with Crippen molar-refractivity contribution in [2.24, 2.45) is 0 Å². The van der Waals surface area contributed by atoms with Gasteiger partial charge in [-0.25, -0.2) is 0 Å². The van der Waals surface area contributed by atoms with Crippen LogP contribution in [0.15, 0.2) is 58.9 Å². The molecule has 0 aliphatic heterocycles. The smallest absolute Gasteiger partial charge is 0.237 e. The van der Waals surface area contributed by atoms with Crippen molar-refractivity contribution >= 4 is 51.4 Å². The predicted octanol–water partition coefficient (Wildman–Crippen LogP) is 4.97. The molecule has 140 valence electrons. The van der Waals surface area contributed by atoms with Crippen LogP contribution >= 0.6 is 34.7 Å². The first-order chi connectivity index (χ1) is 13.1. The summed E-state index contributed by atoms with van der Waals surface area (Å²) >= 11 is 8.78. The fourth-order valence-corrected chi connectivity index (χ4v) is 4.41. The lowest BCUT2D eigenvalue weighted by Gasteiger charge is -2.10. The molecule has 1 unspecified atom stereocenters. The Morgan fingerprint density at radius 2 is 2.00 bits per heavy atom. The maximum atomic E-state index is 12.3. The van der Waals surface area contributed by atoms with Crippen LogP contribution in [0.5, 0.6) is 0 Å². The number of hydrogen-bond acceptors (Lipinski definition) is 6. The van der Waals surface area contributed by atoms with Gasteiger partial charge in [-0.15, -0.1) is 10.2 Å². The van der Waals surface area contributed by atoms with Gasteiger partial charge in [-0.05, 0) is 37.1 Å². The third-order valence-corrected chi connectivity index (χ3v) is 5.98. The number of halogens is 1. The van der Waals surface area contributed by atoms with E-state index in [0.717, 1.165) is 22.4 Å². The number of carbonyl (C=O) groups is 1. The summed E-state index contributed by atoms with van der Waals surface area (Å²) in [6.07, 6.45) is 0.918. The van der Waals surface area contributed by atoms with Gasteiger partial charge in [0.25, 0.3) is 0 Å². The van der Waals surface area contributed by atoms with Gasteiger partial charge in [-0.2, -0.15) is 0 Å². The predicted molar refractivity (Wildman–Crippen MR) is 114 cm³/mol. The molecule has 1 atom stereocenters. The number of nitrogens with zero attached hydrogens (tertiary/aromatic N) is 2. The molecular weight excluding hydrogens is 400 g/mol. The van der Waals surface area contributed by atoms with Crippen LogP contribution in [0.25, 0.3) is 0 Å². The van der Waals surface area contributed by atoms with E-state index in [-0.39, 0.29) is 11.2 Å². The van der Waals surface area contributed by atoms with Crippen molar-refractivity contribution in [3.63, 3.8) is 0 Å². The SMILES string of the molecule is CC(Sc1nnc(NCCc2ccccc2)s1)C(=O)Nc1cccc(Cl)c1. The minimum absolute atomic E-state index is 0.101. The van der Waals surface area contributed by atoms with Crippen LogP contribution in [0.1, 0.15) is 12.5 Å². The van der Waals surface area contributed by atoms with Crippen LogP contribution in [-0.2, 0) is 11.2 Å². The number of carbonyl (C=O) groups excluding carboxylic acids is 1. The van der Waals surface area contributed by atoms with E-state index < -0.39 is 0 Å². The normalized spacial score (nSPS) is 11.8. The second-order valence-corrected chi connectivity index (χ2v) is 8.80.